The fraction of sp³-hybridized carbons (Fsp3) is 0.158. The van der Waals surface area contributed by atoms with Gasteiger partial charge in [0.1, 0.15) is 11.6 Å². The van der Waals surface area contributed by atoms with E-state index in [1.807, 2.05) is 31.2 Å². The van der Waals surface area contributed by atoms with Gasteiger partial charge < -0.3 is 13.6 Å². The molecule has 7 nitrogen and oxygen atoms in total. The Kier molecular flexibility index (Phi) is 5.07. The van der Waals surface area contributed by atoms with E-state index in [2.05, 4.69) is 20.4 Å². The Morgan fingerprint density at radius 2 is 1.68 bits per heavy atom. The lowest BCUT2D eigenvalue weighted by molar-refractivity contribution is 0.415. The van der Waals surface area contributed by atoms with E-state index in [1.165, 1.54) is 17.8 Å². The van der Waals surface area contributed by atoms with Crippen LogP contribution in [0.2, 0.25) is 0 Å². The molecule has 9 heteroatoms. The second-order valence-corrected chi connectivity index (χ2v) is 7.08. The Bertz CT molecular complexity index is 1080. The van der Waals surface area contributed by atoms with Gasteiger partial charge in [-0.25, -0.2) is 4.39 Å². The molecule has 0 unspecified atom stereocenters. The van der Waals surface area contributed by atoms with Gasteiger partial charge in [-0.1, -0.05) is 23.9 Å². The van der Waals surface area contributed by atoms with Crippen LogP contribution in [0.1, 0.15) is 18.1 Å². The summed E-state index contributed by atoms with van der Waals surface area (Å²) in [5.74, 6) is 1.27. The Balaban J connectivity index is 1.48. The molecule has 1 atom stereocenters. The molecule has 4 rings (SSSR count). The van der Waals surface area contributed by atoms with Gasteiger partial charge in [0, 0.05) is 5.56 Å². The molecule has 4 aromatic rings. The molecule has 0 spiro atoms. The lowest BCUT2D eigenvalue weighted by Crippen LogP contribution is -1.88. The number of thioether (sulfide) groups is 1. The van der Waals surface area contributed by atoms with Gasteiger partial charge in [-0.3, -0.25) is 0 Å². The summed E-state index contributed by atoms with van der Waals surface area (Å²) in [7, 11) is 1.60. The van der Waals surface area contributed by atoms with Gasteiger partial charge in [0.2, 0.25) is 11.8 Å². The number of nitrogens with zero attached hydrogens (tertiary/aromatic N) is 4. The van der Waals surface area contributed by atoms with Crippen molar-refractivity contribution in [3.63, 3.8) is 0 Å². The smallest absolute Gasteiger partial charge is 0.277 e. The Labute approximate surface area is 164 Å². The molecule has 2 aromatic carbocycles. The average Bonchev–Trinajstić information content (AvgIpc) is 3.38. The van der Waals surface area contributed by atoms with E-state index < -0.39 is 5.82 Å². The number of hydrogen-bond acceptors (Lipinski definition) is 8. The van der Waals surface area contributed by atoms with Gasteiger partial charge in [0.25, 0.3) is 11.1 Å². The van der Waals surface area contributed by atoms with Crippen LogP contribution in [0.4, 0.5) is 4.39 Å². The molecule has 0 amide bonds. The molecule has 0 bridgehead atoms. The second-order valence-electron chi connectivity index (χ2n) is 5.79. The van der Waals surface area contributed by atoms with Crippen molar-refractivity contribution in [2.75, 3.05) is 7.11 Å². The van der Waals surface area contributed by atoms with E-state index in [1.54, 1.807) is 25.3 Å². The molecule has 2 heterocycles. The molecule has 2 aromatic heterocycles. The molecule has 0 radical (unpaired) electrons. The fourth-order valence-electron chi connectivity index (χ4n) is 2.45. The van der Waals surface area contributed by atoms with E-state index in [4.69, 9.17) is 13.6 Å². The van der Waals surface area contributed by atoms with Crippen molar-refractivity contribution in [2.24, 2.45) is 0 Å². The minimum atomic E-state index is -0.420. The Morgan fingerprint density at radius 3 is 2.43 bits per heavy atom. The van der Waals surface area contributed by atoms with Crippen molar-refractivity contribution < 1.29 is 18.0 Å². The third-order valence-electron chi connectivity index (χ3n) is 3.91. The van der Waals surface area contributed by atoms with Crippen LogP contribution >= 0.6 is 11.8 Å². The highest BCUT2D eigenvalue weighted by Crippen LogP contribution is 2.35. The molecule has 0 aliphatic heterocycles. The molecule has 142 valence electrons. The predicted molar refractivity (Wildman–Crippen MR) is 100 cm³/mol. The maximum Gasteiger partial charge on any atom is 0.277 e. The van der Waals surface area contributed by atoms with E-state index in [0.717, 1.165) is 11.3 Å². The summed E-state index contributed by atoms with van der Waals surface area (Å²) in [5.41, 5.74) is 1.05. The minimum Gasteiger partial charge on any atom is -0.497 e. The molecular formula is C19H15FN4O3S. The van der Waals surface area contributed by atoms with E-state index in [9.17, 15) is 4.39 Å². The second kappa shape index (κ2) is 7.81. The van der Waals surface area contributed by atoms with Gasteiger partial charge in [-0.2, -0.15) is 0 Å². The first-order valence-electron chi connectivity index (χ1n) is 8.37. The molecular weight excluding hydrogens is 383 g/mol. The van der Waals surface area contributed by atoms with Gasteiger partial charge in [-0.15, -0.1) is 20.4 Å². The first-order chi connectivity index (χ1) is 13.6. The predicted octanol–water partition coefficient (Wildman–Crippen LogP) is 4.79. The van der Waals surface area contributed by atoms with Crippen LogP contribution in [0.25, 0.3) is 22.9 Å². The largest absolute Gasteiger partial charge is 0.497 e. The summed E-state index contributed by atoms with van der Waals surface area (Å²) in [6.07, 6.45) is 0. The lowest BCUT2D eigenvalue weighted by Gasteiger charge is -2.02. The highest BCUT2D eigenvalue weighted by molar-refractivity contribution is 7.99. The van der Waals surface area contributed by atoms with Crippen molar-refractivity contribution in [1.82, 2.24) is 20.4 Å². The van der Waals surface area contributed by atoms with Crippen LogP contribution in [0.3, 0.4) is 0 Å². The summed E-state index contributed by atoms with van der Waals surface area (Å²) in [6, 6.07) is 13.5. The number of methoxy groups -OCH3 is 1. The van der Waals surface area contributed by atoms with Crippen LogP contribution < -0.4 is 4.74 Å². The molecule has 0 fully saturated rings. The number of rotatable bonds is 6. The van der Waals surface area contributed by atoms with E-state index in [-0.39, 0.29) is 21.9 Å². The van der Waals surface area contributed by atoms with Gasteiger partial charge >= 0.3 is 0 Å². The highest BCUT2D eigenvalue weighted by Gasteiger charge is 2.20. The maximum atomic E-state index is 13.8. The van der Waals surface area contributed by atoms with Crippen molar-refractivity contribution in [3.05, 3.63) is 60.2 Å². The summed E-state index contributed by atoms with van der Waals surface area (Å²) in [6.45, 7) is 1.88. The molecule has 28 heavy (non-hydrogen) atoms. The zero-order chi connectivity index (χ0) is 19.5. The summed E-state index contributed by atoms with van der Waals surface area (Å²) < 4.78 is 30.3. The number of hydrogen-bond donors (Lipinski definition) is 0. The van der Waals surface area contributed by atoms with E-state index >= 15 is 0 Å². The van der Waals surface area contributed by atoms with Crippen molar-refractivity contribution in [3.8, 4) is 28.7 Å². The van der Waals surface area contributed by atoms with Crippen LogP contribution in [0, 0.1) is 5.82 Å². The number of halogens is 1. The number of ether oxygens (including phenoxy) is 1. The Hall–Kier alpha value is -3.20. The van der Waals surface area contributed by atoms with Crippen LogP contribution in [0.5, 0.6) is 5.75 Å². The van der Waals surface area contributed by atoms with Gasteiger partial charge in [0.05, 0.1) is 17.9 Å². The highest BCUT2D eigenvalue weighted by atomic mass is 32.2. The zero-order valence-corrected chi connectivity index (χ0v) is 15.8. The third kappa shape index (κ3) is 3.74. The molecule has 0 N–H and O–H groups in total. The monoisotopic (exact) mass is 398 g/mol. The summed E-state index contributed by atoms with van der Waals surface area (Å²) in [5, 5.41) is 16.1. The number of benzene rings is 2. The van der Waals surface area contributed by atoms with Crippen LogP contribution in [0.15, 0.2) is 62.6 Å². The number of aromatic nitrogens is 4. The first-order valence-corrected chi connectivity index (χ1v) is 9.25. The SMILES string of the molecule is COc1ccc(-c2nnc([C@@H](C)Sc3nnc(-c4ccccc4F)o3)o2)cc1. The fourth-order valence-corrected chi connectivity index (χ4v) is 3.17. The quantitative estimate of drug-likeness (QED) is 0.429. The van der Waals surface area contributed by atoms with E-state index in [0.29, 0.717) is 11.8 Å². The molecule has 0 aliphatic carbocycles. The summed E-state index contributed by atoms with van der Waals surface area (Å²) >= 11 is 1.25. The van der Waals surface area contributed by atoms with Crippen molar-refractivity contribution in [1.29, 1.82) is 0 Å². The topological polar surface area (TPSA) is 87.1 Å². The lowest BCUT2D eigenvalue weighted by atomic mass is 10.2. The zero-order valence-electron chi connectivity index (χ0n) is 15.0. The standard InChI is InChI=1S/C19H15FN4O3S/c1-11(16-21-22-17(26-16)12-7-9-13(25-2)10-8-12)28-19-24-23-18(27-19)14-5-3-4-6-15(14)20/h3-11H,1-2H3/t11-/m1/s1. The molecule has 0 saturated carbocycles. The first kappa shape index (κ1) is 18.2. The third-order valence-corrected chi connectivity index (χ3v) is 4.84. The molecule has 0 aliphatic rings. The average molecular weight is 398 g/mol. The van der Waals surface area contributed by atoms with Gasteiger partial charge in [-0.05, 0) is 43.3 Å². The van der Waals surface area contributed by atoms with Crippen molar-refractivity contribution in [2.45, 2.75) is 17.4 Å². The minimum absolute atomic E-state index is 0.122. The summed E-state index contributed by atoms with van der Waals surface area (Å²) in [4.78, 5) is 0. The van der Waals surface area contributed by atoms with Crippen LogP contribution in [-0.2, 0) is 0 Å². The molecule has 0 saturated heterocycles. The normalized spacial score (nSPS) is 12.1. The van der Waals surface area contributed by atoms with Crippen molar-refractivity contribution >= 4 is 11.8 Å². The van der Waals surface area contributed by atoms with Crippen LogP contribution in [-0.4, -0.2) is 27.5 Å². The maximum absolute atomic E-state index is 13.8. The Morgan fingerprint density at radius 1 is 0.929 bits per heavy atom. The van der Waals surface area contributed by atoms with Gasteiger partial charge in [0.15, 0.2) is 0 Å².